The van der Waals surface area contributed by atoms with Crippen molar-refractivity contribution in [2.45, 2.75) is 37.3 Å². The second kappa shape index (κ2) is 5.99. The summed E-state index contributed by atoms with van der Waals surface area (Å²) in [7, 11) is 4.23. The second-order valence-electron chi connectivity index (χ2n) is 4.98. The Bertz CT molecular complexity index is 496. The molecule has 0 bridgehead atoms. The molecule has 0 N–H and O–H groups in total. The molecular formula is C14H17Cl2O2P. The second-order valence-corrected chi connectivity index (χ2v) is 6.90. The molecule has 104 valence electrons. The van der Waals surface area contributed by atoms with Gasteiger partial charge in [0.05, 0.1) is 22.7 Å². The molecule has 5 heteroatoms. The van der Waals surface area contributed by atoms with Gasteiger partial charge in [-0.25, -0.2) is 0 Å². The number of halogens is 2. The van der Waals surface area contributed by atoms with Crippen molar-refractivity contribution < 1.29 is 9.53 Å². The summed E-state index contributed by atoms with van der Waals surface area (Å²) >= 11 is 12.3. The molecule has 1 aliphatic rings. The van der Waals surface area contributed by atoms with Gasteiger partial charge in [-0.1, -0.05) is 42.5 Å². The van der Waals surface area contributed by atoms with E-state index in [1.165, 1.54) is 13.5 Å². The number of ketones is 1. The lowest BCUT2D eigenvalue weighted by molar-refractivity contribution is 0.0915. The first kappa shape index (κ1) is 15.1. The Balaban J connectivity index is 2.46. The van der Waals surface area contributed by atoms with Crippen LogP contribution in [0.3, 0.4) is 0 Å². The predicted molar refractivity (Wildman–Crippen MR) is 82.9 cm³/mol. The number of ether oxygens (including phenoxy) is 1. The molecule has 0 radical (unpaired) electrons. The summed E-state index contributed by atoms with van der Waals surface area (Å²) in [6.07, 6.45) is 5.04. The molecule has 1 atom stereocenters. The number of rotatable bonds is 3. The highest BCUT2D eigenvalue weighted by molar-refractivity contribution is 7.21. The van der Waals surface area contributed by atoms with Crippen molar-refractivity contribution in [3.8, 4) is 5.75 Å². The number of carbonyl (C=O) groups is 1. The molecule has 1 aromatic carbocycles. The van der Waals surface area contributed by atoms with Gasteiger partial charge in [-0.05, 0) is 25.0 Å². The Morgan fingerprint density at radius 1 is 1.21 bits per heavy atom. The molecule has 1 saturated carbocycles. The van der Waals surface area contributed by atoms with Crippen molar-refractivity contribution in [2.24, 2.45) is 0 Å². The maximum atomic E-state index is 12.8. The summed E-state index contributed by atoms with van der Waals surface area (Å²) in [6, 6.07) is 3.30. The zero-order chi connectivity index (χ0) is 14.0. The topological polar surface area (TPSA) is 26.3 Å². The average Bonchev–Trinajstić information content (AvgIpc) is 2.41. The van der Waals surface area contributed by atoms with E-state index in [9.17, 15) is 4.79 Å². The molecule has 0 saturated heterocycles. The highest BCUT2D eigenvalue weighted by Crippen LogP contribution is 2.43. The van der Waals surface area contributed by atoms with Crippen LogP contribution < -0.4 is 4.74 Å². The summed E-state index contributed by atoms with van der Waals surface area (Å²) in [6.45, 7) is 0. The van der Waals surface area contributed by atoms with Gasteiger partial charge < -0.3 is 4.74 Å². The Kier molecular flexibility index (Phi) is 4.76. The van der Waals surface area contributed by atoms with Crippen LogP contribution in [0.15, 0.2) is 12.1 Å². The molecule has 0 heterocycles. The molecule has 0 amide bonds. The van der Waals surface area contributed by atoms with E-state index in [1.807, 2.05) is 0 Å². The first-order chi connectivity index (χ1) is 8.99. The fourth-order valence-corrected chi connectivity index (χ4v) is 3.62. The van der Waals surface area contributed by atoms with E-state index in [4.69, 9.17) is 27.9 Å². The van der Waals surface area contributed by atoms with Crippen LogP contribution in [0, 0.1) is 0 Å². The highest BCUT2D eigenvalue weighted by Gasteiger charge is 2.38. The van der Waals surface area contributed by atoms with Crippen LogP contribution in [-0.4, -0.2) is 18.0 Å². The Labute approximate surface area is 126 Å². The molecule has 2 rings (SSSR count). The van der Waals surface area contributed by atoms with Gasteiger partial charge in [0.25, 0.3) is 0 Å². The van der Waals surface area contributed by atoms with Crippen molar-refractivity contribution >= 4 is 38.2 Å². The fourth-order valence-electron chi connectivity index (χ4n) is 2.60. The smallest absolute Gasteiger partial charge is 0.178 e. The summed E-state index contributed by atoms with van der Waals surface area (Å²) in [5, 5.41) is 0.387. The highest BCUT2D eigenvalue weighted by atomic mass is 35.5. The van der Waals surface area contributed by atoms with Crippen LogP contribution in [0.5, 0.6) is 5.75 Å². The van der Waals surface area contributed by atoms with Gasteiger partial charge in [-0.15, -0.1) is 9.24 Å². The van der Waals surface area contributed by atoms with Crippen LogP contribution in [0.25, 0.3) is 0 Å². The van der Waals surface area contributed by atoms with Gasteiger partial charge in [0, 0.05) is 5.16 Å². The van der Waals surface area contributed by atoms with E-state index < -0.39 is 5.16 Å². The van der Waals surface area contributed by atoms with Crippen LogP contribution >= 0.6 is 32.4 Å². The van der Waals surface area contributed by atoms with Gasteiger partial charge in [0.15, 0.2) is 5.78 Å². The summed E-state index contributed by atoms with van der Waals surface area (Å²) < 4.78 is 5.27. The van der Waals surface area contributed by atoms with E-state index in [0.717, 1.165) is 25.7 Å². The third kappa shape index (κ3) is 2.91. The van der Waals surface area contributed by atoms with Crippen molar-refractivity contribution in [3.63, 3.8) is 0 Å². The molecule has 2 nitrogen and oxygen atoms in total. The number of Topliss-reactive ketones (excluding diaryl/α,β-unsaturated/α-hetero) is 1. The molecule has 1 aromatic rings. The molecule has 0 aliphatic heterocycles. The van der Waals surface area contributed by atoms with Gasteiger partial charge in [-0.2, -0.15) is 0 Å². The van der Waals surface area contributed by atoms with Gasteiger partial charge >= 0.3 is 0 Å². The lowest BCUT2D eigenvalue weighted by Crippen LogP contribution is -2.34. The molecule has 19 heavy (non-hydrogen) atoms. The Hall–Kier alpha value is -0.300. The fraction of sp³-hybridized carbons (Fsp3) is 0.500. The average molecular weight is 319 g/mol. The van der Waals surface area contributed by atoms with Crippen LogP contribution in [0.1, 0.15) is 42.5 Å². The predicted octanol–water partition coefficient (Wildman–Crippen LogP) is 4.76. The van der Waals surface area contributed by atoms with E-state index >= 15 is 0 Å². The largest absolute Gasteiger partial charge is 0.494 e. The van der Waals surface area contributed by atoms with E-state index in [1.54, 1.807) is 12.1 Å². The van der Waals surface area contributed by atoms with Crippen molar-refractivity contribution in [2.75, 3.05) is 7.11 Å². The zero-order valence-electron chi connectivity index (χ0n) is 10.8. The van der Waals surface area contributed by atoms with Gasteiger partial charge in [0.2, 0.25) is 0 Å². The number of carbonyl (C=O) groups excluding carboxylic acids is 1. The Morgan fingerprint density at radius 3 is 2.37 bits per heavy atom. The van der Waals surface area contributed by atoms with Crippen molar-refractivity contribution in [1.29, 1.82) is 0 Å². The monoisotopic (exact) mass is 318 g/mol. The molecule has 1 aliphatic carbocycles. The normalized spacial score (nSPS) is 18.1. The first-order valence-corrected chi connectivity index (χ1v) is 7.68. The first-order valence-electron chi connectivity index (χ1n) is 6.35. The van der Waals surface area contributed by atoms with E-state index in [0.29, 0.717) is 21.4 Å². The minimum absolute atomic E-state index is 0.0153. The van der Waals surface area contributed by atoms with Crippen LogP contribution in [0.2, 0.25) is 10.0 Å². The maximum absolute atomic E-state index is 12.8. The third-order valence-electron chi connectivity index (χ3n) is 3.69. The van der Waals surface area contributed by atoms with Gasteiger partial charge in [0.1, 0.15) is 5.75 Å². The molecular weight excluding hydrogens is 302 g/mol. The van der Waals surface area contributed by atoms with Gasteiger partial charge in [-0.3, -0.25) is 4.79 Å². The SMILES string of the molecule is COc1c(Cl)ccc(Cl)c1C(=O)C1(P)CCCCC1. The molecule has 1 unspecified atom stereocenters. The van der Waals surface area contributed by atoms with E-state index in [-0.39, 0.29) is 5.78 Å². The van der Waals surface area contributed by atoms with Crippen LogP contribution in [0.4, 0.5) is 0 Å². The minimum atomic E-state index is -0.431. The quantitative estimate of drug-likeness (QED) is 0.593. The summed E-state index contributed by atoms with van der Waals surface area (Å²) in [4.78, 5) is 12.8. The maximum Gasteiger partial charge on any atom is 0.178 e. The van der Waals surface area contributed by atoms with Crippen LogP contribution in [-0.2, 0) is 0 Å². The number of methoxy groups -OCH3 is 1. The number of benzene rings is 1. The Morgan fingerprint density at radius 2 is 1.79 bits per heavy atom. The summed E-state index contributed by atoms with van der Waals surface area (Å²) in [5.74, 6) is 0.396. The zero-order valence-corrected chi connectivity index (χ0v) is 13.5. The minimum Gasteiger partial charge on any atom is -0.494 e. The van der Waals surface area contributed by atoms with E-state index in [2.05, 4.69) is 9.24 Å². The lowest BCUT2D eigenvalue weighted by atomic mass is 9.82. The standard InChI is InChI=1S/C14H17Cl2O2P/c1-18-12-10(16)6-5-9(15)11(12)13(17)14(19)7-3-2-4-8-14/h5-6H,2-4,7-8,19H2,1H3. The molecule has 1 fully saturated rings. The molecule has 0 spiro atoms. The molecule has 0 aromatic heterocycles. The third-order valence-corrected chi connectivity index (χ3v) is 5.14. The van der Waals surface area contributed by atoms with Crippen molar-refractivity contribution in [3.05, 3.63) is 27.7 Å². The lowest BCUT2D eigenvalue weighted by Gasteiger charge is -2.32. The number of hydrogen-bond acceptors (Lipinski definition) is 2. The van der Waals surface area contributed by atoms with Crippen molar-refractivity contribution in [1.82, 2.24) is 0 Å². The number of hydrogen-bond donors (Lipinski definition) is 0. The summed E-state index contributed by atoms with van der Waals surface area (Å²) in [5.41, 5.74) is 0.411.